The number of nitrogens with one attached hydrogen (secondary N) is 1. The van der Waals surface area contributed by atoms with Crippen LogP contribution in [-0.2, 0) is 4.79 Å². The molecule has 3 rings (SSSR count). The molecule has 18 heavy (non-hydrogen) atoms. The van der Waals surface area contributed by atoms with Crippen LogP contribution in [0.5, 0.6) is 0 Å². The zero-order valence-electron chi connectivity index (χ0n) is 9.49. The summed E-state index contributed by atoms with van der Waals surface area (Å²) in [6.45, 7) is 0.783. The predicted octanol–water partition coefficient (Wildman–Crippen LogP) is 3.07. The molecule has 1 amide bonds. The number of rotatable bonds is 2. The van der Waals surface area contributed by atoms with E-state index >= 15 is 0 Å². The summed E-state index contributed by atoms with van der Waals surface area (Å²) in [6, 6.07) is 5.88. The van der Waals surface area contributed by atoms with Gasteiger partial charge in [0.25, 0.3) is 0 Å². The molecule has 2 aromatic rings. The summed E-state index contributed by atoms with van der Waals surface area (Å²) < 4.78 is 0.850. The highest BCUT2D eigenvalue weighted by atomic mass is 79.9. The van der Waals surface area contributed by atoms with Gasteiger partial charge in [0.1, 0.15) is 4.60 Å². The molecule has 1 unspecified atom stereocenters. The molecular formula is C12H11Br2N3O. The SMILES string of the molecule is O=C1CC(CBr)CN1c1ccc2n[nH]c(Br)c2c1. The normalized spacial score (nSPS) is 20.0. The molecular weight excluding hydrogens is 362 g/mol. The first-order valence-corrected chi connectivity index (χ1v) is 7.60. The van der Waals surface area contributed by atoms with E-state index in [1.54, 1.807) is 0 Å². The molecule has 0 bridgehead atoms. The average molecular weight is 373 g/mol. The Bertz CT molecular complexity index is 610. The number of fused-ring (bicyclic) bond motifs is 1. The van der Waals surface area contributed by atoms with Crippen LogP contribution in [-0.4, -0.2) is 28.0 Å². The molecule has 1 aliphatic heterocycles. The molecule has 1 aromatic heterocycles. The molecule has 0 radical (unpaired) electrons. The Morgan fingerprint density at radius 3 is 3.06 bits per heavy atom. The van der Waals surface area contributed by atoms with Crippen LogP contribution in [0.15, 0.2) is 22.8 Å². The maximum Gasteiger partial charge on any atom is 0.227 e. The fraction of sp³-hybridized carbons (Fsp3) is 0.333. The van der Waals surface area contributed by atoms with Crippen molar-refractivity contribution >= 4 is 54.4 Å². The summed E-state index contributed by atoms with van der Waals surface area (Å²) >= 11 is 6.87. The largest absolute Gasteiger partial charge is 0.312 e. The van der Waals surface area contributed by atoms with Crippen molar-refractivity contribution in [2.24, 2.45) is 5.92 Å². The van der Waals surface area contributed by atoms with Crippen LogP contribution >= 0.6 is 31.9 Å². The molecule has 1 atom stereocenters. The highest BCUT2D eigenvalue weighted by molar-refractivity contribution is 9.10. The first-order chi connectivity index (χ1) is 8.69. The summed E-state index contributed by atoms with van der Waals surface area (Å²) in [5.41, 5.74) is 1.84. The van der Waals surface area contributed by atoms with E-state index in [1.165, 1.54) is 0 Å². The van der Waals surface area contributed by atoms with Crippen molar-refractivity contribution in [1.29, 1.82) is 0 Å². The summed E-state index contributed by atoms with van der Waals surface area (Å²) in [7, 11) is 0. The number of aromatic nitrogens is 2. The van der Waals surface area contributed by atoms with Crippen molar-refractivity contribution in [3.8, 4) is 0 Å². The Kier molecular flexibility index (Phi) is 3.15. The Morgan fingerprint density at radius 1 is 1.50 bits per heavy atom. The molecule has 1 saturated heterocycles. The molecule has 1 aromatic carbocycles. The Balaban J connectivity index is 1.99. The topological polar surface area (TPSA) is 49.0 Å². The smallest absolute Gasteiger partial charge is 0.227 e. The minimum Gasteiger partial charge on any atom is -0.312 e. The number of carbonyl (C=O) groups excluding carboxylic acids is 1. The second-order valence-electron chi connectivity index (χ2n) is 4.47. The highest BCUT2D eigenvalue weighted by Crippen LogP contribution is 2.30. The van der Waals surface area contributed by atoms with Crippen molar-refractivity contribution in [3.05, 3.63) is 22.8 Å². The van der Waals surface area contributed by atoms with E-state index in [2.05, 4.69) is 42.1 Å². The predicted molar refractivity (Wildman–Crippen MR) is 78.0 cm³/mol. The van der Waals surface area contributed by atoms with Gasteiger partial charge in [0.05, 0.1) is 5.52 Å². The molecule has 0 aliphatic carbocycles. The van der Waals surface area contributed by atoms with E-state index in [1.807, 2.05) is 23.1 Å². The molecule has 0 spiro atoms. The number of benzene rings is 1. The summed E-state index contributed by atoms with van der Waals surface area (Å²) in [5.74, 6) is 0.597. The van der Waals surface area contributed by atoms with Crippen molar-refractivity contribution < 1.29 is 4.79 Å². The number of alkyl halides is 1. The van der Waals surface area contributed by atoms with Crippen LogP contribution in [0.25, 0.3) is 10.9 Å². The maximum absolute atomic E-state index is 12.0. The highest BCUT2D eigenvalue weighted by Gasteiger charge is 2.29. The van der Waals surface area contributed by atoms with Gasteiger partial charge in [-0.05, 0) is 40.0 Å². The molecule has 4 nitrogen and oxygen atoms in total. The number of hydrogen-bond acceptors (Lipinski definition) is 2. The number of hydrogen-bond donors (Lipinski definition) is 1. The van der Waals surface area contributed by atoms with Crippen LogP contribution in [0.2, 0.25) is 0 Å². The number of anilines is 1. The van der Waals surface area contributed by atoms with Gasteiger partial charge >= 0.3 is 0 Å². The molecule has 1 aliphatic rings. The van der Waals surface area contributed by atoms with E-state index in [0.717, 1.165) is 33.1 Å². The van der Waals surface area contributed by atoms with E-state index in [9.17, 15) is 4.79 Å². The number of amides is 1. The number of carbonyl (C=O) groups is 1. The molecule has 1 N–H and O–H groups in total. The third kappa shape index (κ3) is 1.97. The molecule has 0 saturated carbocycles. The molecule has 1 fully saturated rings. The van der Waals surface area contributed by atoms with Crippen molar-refractivity contribution in [1.82, 2.24) is 10.2 Å². The van der Waals surface area contributed by atoms with Gasteiger partial charge in [-0.2, -0.15) is 5.10 Å². The van der Waals surface area contributed by atoms with Gasteiger partial charge in [0, 0.05) is 29.4 Å². The van der Waals surface area contributed by atoms with Crippen molar-refractivity contribution in [2.45, 2.75) is 6.42 Å². The van der Waals surface area contributed by atoms with Crippen molar-refractivity contribution in [2.75, 3.05) is 16.8 Å². The van der Waals surface area contributed by atoms with E-state index in [-0.39, 0.29) is 5.91 Å². The average Bonchev–Trinajstić information content (AvgIpc) is 2.93. The second-order valence-corrected chi connectivity index (χ2v) is 5.91. The van der Waals surface area contributed by atoms with Gasteiger partial charge in [-0.3, -0.25) is 9.89 Å². The number of nitrogens with zero attached hydrogens (tertiary/aromatic N) is 2. The number of H-pyrrole nitrogens is 1. The zero-order chi connectivity index (χ0) is 12.7. The van der Waals surface area contributed by atoms with Crippen LogP contribution in [0.4, 0.5) is 5.69 Å². The monoisotopic (exact) mass is 371 g/mol. The third-order valence-corrected chi connectivity index (χ3v) is 4.75. The number of halogens is 2. The first kappa shape index (κ1) is 12.2. The van der Waals surface area contributed by atoms with Crippen LogP contribution in [0.1, 0.15) is 6.42 Å². The molecule has 2 heterocycles. The lowest BCUT2D eigenvalue weighted by Crippen LogP contribution is -2.24. The second kappa shape index (κ2) is 4.66. The van der Waals surface area contributed by atoms with Crippen molar-refractivity contribution in [3.63, 3.8) is 0 Å². The molecule has 94 valence electrons. The lowest BCUT2D eigenvalue weighted by atomic mass is 10.2. The minimum absolute atomic E-state index is 0.193. The van der Waals surface area contributed by atoms with Gasteiger partial charge in [-0.25, -0.2) is 0 Å². The van der Waals surface area contributed by atoms with Crippen LogP contribution in [0, 0.1) is 5.92 Å². The number of aromatic amines is 1. The molecule has 6 heteroatoms. The van der Waals surface area contributed by atoms with E-state index in [4.69, 9.17) is 0 Å². The Hall–Kier alpha value is -0.880. The minimum atomic E-state index is 0.193. The fourth-order valence-corrected chi connectivity index (χ4v) is 3.11. The van der Waals surface area contributed by atoms with Gasteiger partial charge in [-0.1, -0.05) is 15.9 Å². The summed E-state index contributed by atoms with van der Waals surface area (Å²) in [4.78, 5) is 13.8. The lowest BCUT2D eigenvalue weighted by molar-refractivity contribution is -0.117. The zero-order valence-corrected chi connectivity index (χ0v) is 12.7. The quantitative estimate of drug-likeness (QED) is 0.823. The third-order valence-electron chi connectivity index (χ3n) is 3.23. The van der Waals surface area contributed by atoms with Gasteiger partial charge in [-0.15, -0.1) is 0 Å². The van der Waals surface area contributed by atoms with E-state index in [0.29, 0.717) is 12.3 Å². The Labute approximate surface area is 121 Å². The van der Waals surface area contributed by atoms with Gasteiger partial charge in [0.2, 0.25) is 5.91 Å². The van der Waals surface area contributed by atoms with Gasteiger partial charge in [0.15, 0.2) is 0 Å². The van der Waals surface area contributed by atoms with E-state index < -0.39 is 0 Å². The van der Waals surface area contributed by atoms with Crippen LogP contribution < -0.4 is 4.90 Å². The van der Waals surface area contributed by atoms with Gasteiger partial charge < -0.3 is 4.90 Å². The summed E-state index contributed by atoms with van der Waals surface area (Å²) in [6.07, 6.45) is 0.621. The summed E-state index contributed by atoms with van der Waals surface area (Å²) in [5, 5.41) is 8.90. The Morgan fingerprint density at radius 2 is 2.33 bits per heavy atom. The lowest BCUT2D eigenvalue weighted by Gasteiger charge is -2.16. The standard InChI is InChI=1S/C12H11Br2N3O/c13-5-7-3-11(18)17(6-7)8-1-2-10-9(4-8)12(14)16-15-10/h1-2,4,7H,3,5-6H2,(H,15,16). The maximum atomic E-state index is 12.0. The first-order valence-electron chi connectivity index (χ1n) is 5.69. The fourth-order valence-electron chi connectivity index (χ4n) is 2.27. The van der Waals surface area contributed by atoms with Crippen LogP contribution in [0.3, 0.4) is 0 Å².